The van der Waals surface area contributed by atoms with Gasteiger partial charge in [-0.05, 0) is 77.0 Å². The first-order valence-corrected chi connectivity index (χ1v) is 32.5. The molecule has 0 bridgehead atoms. The average molecular weight is 1030 g/mol. The number of carbonyl (C=O) groups is 3. The van der Waals surface area contributed by atoms with Crippen LogP contribution in [-0.4, -0.2) is 37.2 Å². The van der Waals surface area contributed by atoms with Gasteiger partial charge in [-0.2, -0.15) is 0 Å². The lowest BCUT2D eigenvalue weighted by atomic mass is 10.0. The van der Waals surface area contributed by atoms with Gasteiger partial charge < -0.3 is 14.2 Å². The van der Waals surface area contributed by atoms with E-state index in [0.717, 1.165) is 64.2 Å². The Kier molecular flexibility index (Phi) is 60.2. The van der Waals surface area contributed by atoms with Crippen LogP contribution in [0.3, 0.4) is 0 Å². The molecule has 0 amide bonds. The van der Waals surface area contributed by atoms with Gasteiger partial charge in [0.1, 0.15) is 13.2 Å². The maximum atomic E-state index is 12.9. The molecular weight excluding hydrogens is 901 g/mol. The number of esters is 3. The van der Waals surface area contributed by atoms with E-state index in [-0.39, 0.29) is 31.1 Å². The highest BCUT2D eigenvalue weighted by Gasteiger charge is 2.19. The topological polar surface area (TPSA) is 78.9 Å². The van der Waals surface area contributed by atoms with Crippen LogP contribution in [0.4, 0.5) is 0 Å². The molecule has 0 heterocycles. The average Bonchev–Trinajstić information content (AvgIpc) is 3.39. The Labute approximate surface area is 455 Å². The molecule has 0 N–H and O–H groups in total. The molecule has 0 spiro atoms. The molecule has 0 aliphatic heterocycles. The zero-order valence-corrected chi connectivity index (χ0v) is 49.2. The summed E-state index contributed by atoms with van der Waals surface area (Å²) in [6.45, 7) is 6.66. The van der Waals surface area contributed by atoms with E-state index in [1.165, 1.54) is 250 Å². The molecular formula is C67H124O6. The summed E-state index contributed by atoms with van der Waals surface area (Å²) in [6.07, 6.45) is 75.9. The number of hydrogen-bond donors (Lipinski definition) is 0. The Balaban J connectivity index is 4.21. The minimum atomic E-state index is -0.771. The van der Waals surface area contributed by atoms with Crippen molar-refractivity contribution in [1.82, 2.24) is 0 Å². The summed E-state index contributed by atoms with van der Waals surface area (Å²) < 4.78 is 16.9. The second-order valence-electron chi connectivity index (χ2n) is 22.0. The van der Waals surface area contributed by atoms with Gasteiger partial charge in [0.15, 0.2) is 6.10 Å². The van der Waals surface area contributed by atoms with Crippen molar-refractivity contribution in [3.8, 4) is 0 Å². The molecule has 428 valence electrons. The van der Waals surface area contributed by atoms with Crippen LogP contribution in [0.1, 0.15) is 355 Å². The first-order chi connectivity index (χ1) is 36.0. The number of hydrogen-bond acceptors (Lipinski definition) is 6. The van der Waals surface area contributed by atoms with Gasteiger partial charge in [-0.3, -0.25) is 14.4 Å². The fraction of sp³-hybridized carbons (Fsp3) is 0.866. The summed E-state index contributed by atoms with van der Waals surface area (Å²) >= 11 is 0. The highest BCUT2D eigenvalue weighted by atomic mass is 16.6. The van der Waals surface area contributed by atoms with Crippen molar-refractivity contribution >= 4 is 17.9 Å². The number of allylic oxidation sites excluding steroid dienone is 6. The molecule has 6 nitrogen and oxygen atoms in total. The van der Waals surface area contributed by atoms with Crippen molar-refractivity contribution in [2.24, 2.45) is 0 Å². The molecule has 0 rings (SSSR count). The van der Waals surface area contributed by atoms with Gasteiger partial charge in [0.25, 0.3) is 0 Å². The molecule has 0 aromatic heterocycles. The molecule has 0 saturated carbocycles. The van der Waals surface area contributed by atoms with Gasteiger partial charge in [-0.15, -0.1) is 0 Å². The second-order valence-corrected chi connectivity index (χ2v) is 22.0. The lowest BCUT2D eigenvalue weighted by Crippen LogP contribution is -2.30. The van der Waals surface area contributed by atoms with Crippen LogP contribution in [0.25, 0.3) is 0 Å². The highest BCUT2D eigenvalue weighted by Crippen LogP contribution is 2.17. The van der Waals surface area contributed by atoms with Crippen LogP contribution in [0.5, 0.6) is 0 Å². The molecule has 0 fully saturated rings. The normalized spacial score (nSPS) is 12.2. The van der Waals surface area contributed by atoms with Gasteiger partial charge in [0.05, 0.1) is 0 Å². The number of rotatable bonds is 60. The Morgan fingerprint density at radius 2 is 0.493 bits per heavy atom. The van der Waals surface area contributed by atoms with Crippen LogP contribution in [-0.2, 0) is 28.6 Å². The first kappa shape index (κ1) is 70.6. The van der Waals surface area contributed by atoms with Crippen molar-refractivity contribution in [2.75, 3.05) is 13.2 Å². The molecule has 0 aromatic rings. The van der Waals surface area contributed by atoms with E-state index in [1.807, 2.05) is 0 Å². The van der Waals surface area contributed by atoms with Crippen LogP contribution in [0.2, 0.25) is 0 Å². The molecule has 6 heteroatoms. The van der Waals surface area contributed by atoms with Crippen molar-refractivity contribution in [1.29, 1.82) is 0 Å². The van der Waals surface area contributed by atoms with Crippen LogP contribution in [0, 0.1) is 0 Å². The fourth-order valence-electron chi connectivity index (χ4n) is 9.71. The maximum Gasteiger partial charge on any atom is 0.306 e. The molecule has 1 unspecified atom stereocenters. The molecule has 0 aromatic carbocycles. The molecule has 0 saturated heterocycles. The summed E-state index contributed by atoms with van der Waals surface area (Å²) in [5, 5.41) is 0. The summed E-state index contributed by atoms with van der Waals surface area (Å²) in [7, 11) is 0. The lowest BCUT2D eigenvalue weighted by Gasteiger charge is -2.18. The third kappa shape index (κ3) is 60.4. The highest BCUT2D eigenvalue weighted by molar-refractivity contribution is 5.71. The van der Waals surface area contributed by atoms with Crippen molar-refractivity contribution < 1.29 is 28.6 Å². The predicted molar refractivity (Wildman–Crippen MR) is 316 cm³/mol. The van der Waals surface area contributed by atoms with Crippen molar-refractivity contribution in [3.05, 3.63) is 36.5 Å². The smallest absolute Gasteiger partial charge is 0.306 e. The molecule has 1 atom stereocenters. The van der Waals surface area contributed by atoms with Crippen molar-refractivity contribution in [2.45, 2.75) is 361 Å². The summed E-state index contributed by atoms with van der Waals surface area (Å²) in [5.41, 5.74) is 0. The van der Waals surface area contributed by atoms with E-state index < -0.39 is 6.10 Å². The number of unbranched alkanes of at least 4 members (excludes halogenated alkanes) is 43. The molecule has 0 radical (unpaired) electrons. The van der Waals surface area contributed by atoms with Gasteiger partial charge in [0, 0.05) is 19.3 Å². The molecule has 0 aliphatic carbocycles. The quantitative estimate of drug-likeness (QED) is 0.0261. The Hall–Kier alpha value is -2.37. The molecule has 73 heavy (non-hydrogen) atoms. The Morgan fingerprint density at radius 3 is 0.795 bits per heavy atom. The number of carbonyl (C=O) groups excluding carboxylic acids is 3. The summed E-state index contributed by atoms with van der Waals surface area (Å²) in [5.74, 6) is -0.852. The van der Waals surface area contributed by atoms with Crippen molar-refractivity contribution in [3.63, 3.8) is 0 Å². The van der Waals surface area contributed by atoms with Gasteiger partial charge >= 0.3 is 17.9 Å². The summed E-state index contributed by atoms with van der Waals surface area (Å²) in [6, 6.07) is 0. The standard InChI is InChI=1S/C67H124O6/c1-4-7-10-13-16-19-22-24-26-28-30-31-32-33-34-35-37-38-40-42-45-48-51-54-57-60-66(69)72-63-64(62-71-65(68)59-56-53-50-47-44-21-18-15-12-9-6-3)73-67(70)61-58-55-52-49-46-43-41-39-36-29-27-25-23-20-17-14-11-8-5-2/h17,20,25,27-28,30,64H,4-16,18-19,21-24,26,29,31-63H2,1-3H3/b20-17-,27-25-,30-28-. The van der Waals surface area contributed by atoms with E-state index in [0.29, 0.717) is 19.3 Å². The SMILES string of the molecule is CCCCC/C=C\C/C=C\CCCCCCCCCCCC(=O)OC(COC(=O)CCCCCCCCCCCCC)COC(=O)CCCCCCCCCCCCCCC/C=C\CCCCCCCCCC. The third-order valence-electron chi connectivity index (χ3n) is 14.6. The second kappa shape index (κ2) is 62.2. The van der Waals surface area contributed by atoms with E-state index >= 15 is 0 Å². The summed E-state index contributed by atoms with van der Waals surface area (Å²) in [4.78, 5) is 38.2. The van der Waals surface area contributed by atoms with Gasteiger partial charge in [-0.1, -0.05) is 295 Å². The fourth-order valence-corrected chi connectivity index (χ4v) is 9.71. The minimum absolute atomic E-state index is 0.0694. The van der Waals surface area contributed by atoms with Crippen LogP contribution in [0.15, 0.2) is 36.5 Å². The third-order valence-corrected chi connectivity index (χ3v) is 14.6. The van der Waals surface area contributed by atoms with Crippen LogP contribution >= 0.6 is 0 Å². The predicted octanol–water partition coefficient (Wildman–Crippen LogP) is 22.0. The Morgan fingerprint density at radius 1 is 0.274 bits per heavy atom. The van der Waals surface area contributed by atoms with E-state index in [9.17, 15) is 14.4 Å². The zero-order valence-electron chi connectivity index (χ0n) is 49.2. The van der Waals surface area contributed by atoms with E-state index in [2.05, 4.69) is 57.2 Å². The maximum absolute atomic E-state index is 12.9. The lowest BCUT2D eigenvalue weighted by molar-refractivity contribution is -0.167. The van der Waals surface area contributed by atoms with Gasteiger partial charge in [-0.25, -0.2) is 0 Å². The van der Waals surface area contributed by atoms with Crippen LogP contribution < -0.4 is 0 Å². The monoisotopic (exact) mass is 1020 g/mol. The van der Waals surface area contributed by atoms with E-state index in [1.54, 1.807) is 0 Å². The number of ether oxygens (including phenoxy) is 3. The minimum Gasteiger partial charge on any atom is -0.462 e. The largest absolute Gasteiger partial charge is 0.462 e. The molecule has 0 aliphatic rings. The van der Waals surface area contributed by atoms with E-state index in [4.69, 9.17) is 14.2 Å². The first-order valence-electron chi connectivity index (χ1n) is 32.5. The Bertz CT molecular complexity index is 1220. The van der Waals surface area contributed by atoms with Gasteiger partial charge in [0.2, 0.25) is 0 Å². The zero-order chi connectivity index (χ0) is 52.9.